The molecule has 0 aliphatic carbocycles. The van der Waals surface area contributed by atoms with Crippen molar-refractivity contribution in [3.63, 3.8) is 0 Å². The molecule has 0 saturated carbocycles. The fraction of sp³-hybridized carbons (Fsp3) is 0.200. The first kappa shape index (κ1) is 17.5. The topological polar surface area (TPSA) is 80.4 Å². The van der Waals surface area contributed by atoms with Gasteiger partial charge in [-0.25, -0.2) is 4.79 Å². The number of H-pyrrole nitrogens is 1. The van der Waals surface area contributed by atoms with Crippen molar-refractivity contribution < 1.29 is 19.1 Å². The van der Waals surface area contributed by atoms with Gasteiger partial charge in [-0.15, -0.1) is 0 Å². The Labute approximate surface area is 151 Å². The number of benzene rings is 2. The minimum atomic E-state index is -0.735. The molecule has 1 amide bonds. The molecule has 0 spiro atoms. The molecule has 134 valence electrons. The monoisotopic (exact) mass is 352 g/mol. The van der Waals surface area contributed by atoms with E-state index in [9.17, 15) is 9.59 Å². The van der Waals surface area contributed by atoms with Gasteiger partial charge >= 0.3 is 5.97 Å². The first-order valence-electron chi connectivity index (χ1n) is 8.40. The normalized spacial score (nSPS) is 11.8. The number of hydrogen-bond acceptors (Lipinski definition) is 4. The Morgan fingerprint density at radius 3 is 2.50 bits per heavy atom. The van der Waals surface area contributed by atoms with Gasteiger partial charge in [0.15, 0.2) is 6.10 Å². The SMILES string of the molecule is CCOC(=O)c1[nH]c2ccccc2c1NC(=O)[C@@H](C)Oc1ccccc1. The van der Waals surface area contributed by atoms with Gasteiger partial charge in [0.2, 0.25) is 0 Å². The number of hydrogen-bond donors (Lipinski definition) is 2. The summed E-state index contributed by atoms with van der Waals surface area (Å²) in [6.45, 7) is 3.63. The van der Waals surface area contributed by atoms with Crippen LogP contribution in [-0.4, -0.2) is 29.6 Å². The molecule has 0 aliphatic rings. The van der Waals surface area contributed by atoms with Crippen molar-refractivity contribution in [2.24, 2.45) is 0 Å². The highest BCUT2D eigenvalue weighted by atomic mass is 16.5. The summed E-state index contributed by atoms with van der Waals surface area (Å²) >= 11 is 0. The number of aromatic nitrogens is 1. The largest absolute Gasteiger partial charge is 0.481 e. The van der Waals surface area contributed by atoms with Crippen molar-refractivity contribution in [3.8, 4) is 5.75 Å². The standard InChI is InChI=1S/C20H20N2O4/c1-3-25-20(24)18-17(15-11-7-8-12-16(15)21-18)22-19(23)13(2)26-14-9-5-4-6-10-14/h4-13,21H,3H2,1-2H3,(H,22,23)/t13-/m1/s1. The molecule has 6 heteroatoms. The van der Waals surface area contributed by atoms with E-state index in [4.69, 9.17) is 9.47 Å². The van der Waals surface area contributed by atoms with Crippen LogP contribution >= 0.6 is 0 Å². The highest BCUT2D eigenvalue weighted by molar-refractivity contribution is 6.11. The number of rotatable bonds is 6. The molecule has 3 rings (SSSR count). The number of fused-ring (bicyclic) bond motifs is 1. The van der Waals surface area contributed by atoms with Gasteiger partial charge in [-0.2, -0.15) is 0 Å². The molecule has 6 nitrogen and oxygen atoms in total. The highest BCUT2D eigenvalue weighted by Crippen LogP contribution is 2.28. The van der Waals surface area contributed by atoms with Gasteiger partial charge in [0.05, 0.1) is 12.3 Å². The molecule has 3 aromatic rings. The maximum Gasteiger partial charge on any atom is 0.356 e. The van der Waals surface area contributed by atoms with Crippen LogP contribution < -0.4 is 10.1 Å². The average Bonchev–Trinajstić information content (AvgIpc) is 3.01. The summed E-state index contributed by atoms with van der Waals surface area (Å²) in [7, 11) is 0. The first-order valence-corrected chi connectivity index (χ1v) is 8.40. The van der Waals surface area contributed by atoms with Crippen LogP contribution in [0, 0.1) is 0 Å². The van der Waals surface area contributed by atoms with Crippen LogP contribution in [0.15, 0.2) is 54.6 Å². The van der Waals surface area contributed by atoms with Crippen molar-refractivity contribution in [2.45, 2.75) is 20.0 Å². The van der Waals surface area contributed by atoms with Crippen molar-refractivity contribution in [2.75, 3.05) is 11.9 Å². The molecule has 0 saturated heterocycles. The van der Waals surface area contributed by atoms with E-state index in [-0.39, 0.29) is 18.2 Å². The number of aromatic amines is 1. The second kappa shape index (κ2) is 7.74. The Kier molecular flexibility index (Phi) is 5.22. The molecule has 0 unspecified atom stereocenters. The molecule has 1 heterocycles. The summed E-state index contributed by atoms with van der Waals surface area (Å²) in [6.07, 6.45) is -0.735. The van der Waals surface area contributed by atoms with Gasteiger partial charge in [0, 0.05) is 10.9 Å². The lowest BCUT2D eigenvalue weighted by molar-refractivity contribution is -0.122. The van der Waals surface area contributed by atoms with Crippen LogP contribution in [0.3, 0.4) is 0 Å². The Morgan fingerprint density at radius 1 is 1.08 bits per heavy atom. The van der Waals surface area contributed by atoms with E-state index in [2.05, 4.69) is 10.3 Å². The van der Waals surface area contributed by atoms with E-state index in [1.165, 1.54) is 0 Å². The van der Waals surface area contributed by atoms with Gasteiger partial charge in [-0.3, -0.25) is 4.79 Å². The van der Waals surface area contributed by atoms with Gasteiger partial charge in [0.25, 0.3) is 5.91 Å². The van der Waals surface area contributed by atoms with Crippen molar-refractivity contribution in [3.05, 3.63) is 60.3 Å². The molecular weight excluding hydrogens is 332 g/mol. The summed E-state index contributed by atoms with van der Waals surface area (Å²) in [4.78, 5) is 27.8. The van der Waals surface area contributed by atoms with Crippen LogP contribution in [0.1, 0.15) is 24.3 Å². The van der Waals surface area contributed by atoms with E-state index in [0.29, 0.717) is 11.4 Å². The lowest BCUT2D eigenvalue weighted by Crippen LogP contribution is -2.30. The third-order valence-electron chi connectivity index (χ3n) is 3.86. The fourth-order valence-corrected chi connectivity index (χ4v) is 2.61. The molecule has 0 radical (unpaired) electrons. The molecule has 1 atom stereocenters. The van der Waals surface area contributed by atoms with E-state index < -0.39 is 12.1 Å². The lowest BCUT2D eigenvalue weighted by Gasteiger charge is -2.15. The second-order valence-electron chi connectivity index (χ2n) is 5.70. The van der Waals surface area contributed by atoms with E-state index in [1.54, 1.807) is 26.0 Å². The molecule has 0 fully saturated rings. The van der Waals surface area contributed by atoms with Crippen LogP contribution in [0.5, 0.6) is 5.75 Å². The predicted octanol–water partition coefficient (Wildman–Crippen LogP) is 3.75. The Bertz CT molecular complexity index is 918. The van der Waals surface area contributed by atoms with Gasteiger partial charge in [0.1, 0.15) is 11.4 Å². The third kappa shape index (κ3) is 3.69. The first-order chi connectivity index (χ1) is 12.6. The van der Waals surface area contributed by atoms with Crippen LogP contribution in [0.4, 0.5) is 5.69 Å². The summed E-state index contributed by atoms with van der Waals surface area (Å²) in [5.41, 5.74) is 1.35. The second-order valence-corrected chi connectivity index (χ2v) is 5.70. The Hall–Kier alpha value is -3.28. The molecule has 2 N–H and O–H groups in total. The number of carbonyl (C=O) groups excluding carboxylic acids is 2. The van der Waals surface area contributed by atoms with Crippen molar-refractivity contribution in [1.29, 1.82) is 0 Å². The average molecular weight is 352 g/mol. The number of amides is 1. The molecule has 26 heavy (non-hydrogen) atoms. The Morgan fingerprint density at radius 2 is 1.77 bits per heavy atom. The summed E-state index contributed by atoms with van der Waals surface area (Å²) in [6, 6.07) is 16.4. The molecule has 0 aliphatic heterocycles. The smallest absolute Gasteiger partial charge is 0.356 e. The zero-order valence-corrected chi connectivity index (χ0v) is 14.6. The zero-order chi connectivity index (χ0) is 18.5. The Balaban J connectivity index is 1.85. The maximum absolute atomic E-state index is 12.6. The van der Waals surface area contributed by atoms with Crippen LogP contribution in [-0.2, 0) is 9.53 Å². The summed E-state index contributed by atoms with van der Waals surface area (Å²) in [5.74, 6) is -0.278. The minimum absolute atomic E-state index is 0.216. The third-order valence-corrected chi connectivity index (χ3v) is 3.86. The minimum Gasteiger partial charge on any atom is -0.481 e. The van der Waals surface area contributed by atoms with Crippen LogP contribution in [0.25, 0.3) is 10.9 Å². The maximum atomic E-state index is 12.6. The number of esters is 1. The summed E-state index contributed by atoms with van der Waals surface area (Å²) in [5, 5.41) is 3.53. The number of carbonyl (C=O) groups is 2. The molecule has 0 bridgehead atoms. The van der Waals surface area contributed by atoms with E-state index in [1.807, 2.05) is 42.5 Å². The van der Waals surface area contributed by atoms with Crippen LogP contribution in [0.2, 0.25) is 0 Å². The van der Waals surface area contributed by atoms with Gasteiger partial charge < -0.3 is 19.8 Å². The predicted molar refractivity (Wildman–Crippen MR) is 99.4 cm³/mol. The van der Waals surface area contributed by atoms with E-state index in [0.717, 1.165) is 10.9 Å². The highest BCUT2D eigenvalue weighted by Gasteiger charge is 2.23. The number of ether oxygens (including phenoxy) is 2. The fourth-order valence-electron chi connectivity index (χ4n) is 2.61. The lowest BCUT2D eigenvalue weighted by atomic mass is 10.2. The van der Waals surface area contributed by atoms with Gasteiger partial charge in [-0.05, 0) is 32.0 Å². The number of para-hydroxylation sites is 2. The number of nitrogens with one attached hydrogen (secondary N) is 2. The molecule has 2 aromatic carbocycles. The zero-order valence-electron chi connectivity index (χ0n) is 14.6. The quantitative estimate of drug-likeness (QED) is 0.662. The summed E-state index contributed by atoms with van der Waals surface area (Å²) < 4.78 is 10.7. The van der Waals surface area contributed by atoms with Crippen molar-refractivity contribution >= 4 is 28.5 Å². The molecule has 1 aromatic heterocycles. The van der Waals surface area contributed by atoms with Gasteiger partial charge in [-0.1, -0.05) is 36.4 Å². The van der Waals surface area contributed by atoms with Crippen molar-refractivity contribution in [1.82, 2.24) is 4.98 Å². The molecular formula is C20H20N2O4. The number of anilines is 1. The van der Waals surface area contributed by atoms with E-state index >= 15 is 0 Å².